The summed E-state index contributed by atoms with van der Waals surface area (Å²) in [4.78, 5) is 0. The lowest BCUT2D eigenvalue weighted by Crippen LogP contribution is -2.01. The molecule has 0 fully saturated rings. The minimum Gasteiger partial charge on any atom is -0.188 e. The van der Waals surface area contributed by atoms with Gasteiger partial charge in [0, 0.05) is 6.42 Å². The molecule has 0 heterocycles. The maximum Gasteiger partial charge on any atom is 0.325 e. The van der Waals surface area contributed by atoms with Crippen LogP contribution in [0.1, 0.15) is 6.42 Å². The number of hydrogen-bond acceptors (Lipinski definition) is 0. The Kier molecular flexibility index (Phi) is 2.23. The van der Waals surface area contributed by atoms with Crippen molar-refractivity contribution in [3.8, 4) is 0 Å². The zero-order valence-electron chi connectivity index (χ0n) is 3.63. The predicted octanol–water partition coefficient (Wildman–Crippen LogP) is 2.39. The first-order valence-corrected chi connectivity index (χ1v) is 2.11. The molecule has 0 bridgehead atoms. The standard InChI is InChI=1S/C4H5ClF2/c1-2-3-4(5,6)7/h2H,1,3H2. The molecule has 0 atom stereocenters. The van der Waals surface area contributed by atoms with Gasteiger partial charge in [-0.1, -0.05) is 6.08 Å². The molecule has 0 aromatic heterocycles. The maximum absolute atomic E-state index is 11.4. The minimum atomic E-state index is -3.10. The summed E-state index contributed by atoms with van der Waals surface area (Å²) in [5.74, 6) is 0. The van der Waals surface area contributed by atoms with Crippen LogP contribution in [0.3, 0.4) is 0 Å². The van der Waals surface area contributed by atoms with Crippen molar-refractivity contribution in [1.82, 2.24) is 0 Å². The highest BCUT2D eigenvalue weighted by Gasteiger charge is 2.20. The molecule has 0 aliphatic rings. The second kappa shape index (κ2) is 2.26. The number of halogens is 3. The highest BCUT2D eigenvalue weighted by atomic mass is 35.5. The summed E-state index contributed by atoms with van der Waals surface area (Å²) in [6.07, 6.45) is 0.613. The van der Waals surface area contributed by atoms with Gasteiger partial charge in [0.25, 0.3) is 0 Å². The first-order valence-electron chi connectivity index (χ1n) is 1.74. The second-order valence-corrected chi connectivity index (χ2v) is 1.66. The molecular weight excluding hydrogens is 121 g/mol. The van der Waals surface area contributed by atoms with Crippen molar-refractivity contribution in [2.24, 2.45) is 0 Å². The third kappa shape index (κ3) is 5.89. The summed E-state index contributed by atoms with van der Waals surface area (Å²) in [6.45, 7) is 3.08. The van der Waals surface area contributed by atoms with E-state index in [-0.39, 0.29) is 0 Å². The third-order valence-electron chi connectivity index (χ3n) is 0.376. The molecule has 0 spiro atoms. The molecule has 0 aromatic carbocycles. The smallest absolute Gasteiger partial charge is 0.188 e. The van der Waals surface area contributed by atoms with Crippen LogP contribution in [0, 0.1) is 0 Å². The Labute approximate surface area is 45.8 Å². The fourth-order valence-electron chi connectivity index (χ4n) is 0.164. The normalized spacial score (nSPS) is 11.3. The molecule has 0 N–H and O–H groups in total. The van der Waals surface area contributed by atoms with E-state index in [1.807, 2.05) is 0 Å². The minimum absolute atomic E-state index is 0.464. The lowest BCUT2D eigenvalue weighted by molar-refractivity contribution is 0.100. The molecule has 0 radical (unpaired) electrons. The van der Waals surface area contributed by atoms with E-state index in [0.29, 0.717) is 0 Å². The number of alkyl halides is 3. The van der Waals surface area contributed by atoms with E-state index in [4.69, 9.17) is 0 Å². The molecule has 7 heavy (non-hydrogen) atoms. The summed E-state index contributed by atoms with van der Waals surface area (Å²) in [7, 11) is 0. The van der Waals surface area contributed by atoms with Crippen molar-refractivity contribution in [3.05, 3.63) is 12.7 Å². The van der Waals surface area contributed by atoms with Crippen LogP contribution in [0.2, 0.25) is 0 Å². The summed E-state index contributed by atoms with van der Waals surface area (Å²) in [5, 5.41) is -3.10. The zero-order chi connectivity index (χ0) is 5.91. The van der Waals surface area contributed by atoms with Crippen LogP contribution in [-0.2, 0) is 0 Å². The Hall–Kier alpha value is -0.110. The van der Waals surface area contributed by atoms with Crippen LogP contribution in [0.4, 0.5) is 8.78 Å². The van der Waals surface area contributed by atoms with Gasteiger partial charge in [0.1, 0.15) is 0 Å². The van der Waals surface area contributed by atoms with Crippen molar-refractivity contribution in [3.63, 3.8) is 0 Å². The summed E-state index contributed by atoms with van der Waals surface area (Å²) in [5.41, 5.74) is 0. The van der Waals surface area contributed by atoms with E-state index in [1.54, 1.807) is 0 Å². The maximum atomic E-state index is 11.4. The van der Waals surface area contributed by atoms with Crippen molar-refractivity contribution in [1.29, 1.82) is 0 Å². The molecule has 0 aliphatic heterocycles. The van der Waals surface area contributed by atoms with Crippen molar-refractivity contribution in [2.75, 3.05) is 0 Å². The predicted molar refractivity (Wildman–Crippen MR) is 25.6 cm³/mol. The molecule has 42 valence electrons. The van der Waals surface area contributed by atoms with Gasteiger partial charge in [-0.2, -0.15) is 8.78 Å². The van der Waals surface area contributed by atoms with Crippen LogP contribution in [0.25, 0.3) is 0 Å². The van der Waals surface area contributed by atoms with E-state index in [9.17, 15) is 8.78 Å². The van der Waals surface area contributed by atoms with Crippen molar-refractivity contribution >= 4 is 11.6 Å². The molecule has 0 rings (SSSR count). The summed E-state index contributed by atoms with van der Waals surface area (Å²) >= 11 is 4.43. The second-order valence-electron chi connectivity index (χ2n) is 1.11. The van der Waals surface area contributed by atoms with Gasteiger partial charge in [-0.3, -0.25) is 0 Å². The van der Waals surface area contributed by atoms with Gasteiger partial charge in [-0.15, -0.1) is 6.58 Å². The Morgan fingerprint density at radius 3 is 2.14 bits per heavy atom. The summed E-state index contributed by atoms with van der Waals surface area (Å²) < 4.78 is 22.8. The van der Waals surface area contributed by atoms with E-state index in [1.165, 1.54) is 0 Å². The zero-order valence-corrected chi connectivity index (χ0v) is 4.38. The fourth-order valence-corrected chi connectivity index (χ4v) is 0.273. The third-order valence-corrected chi connectivity index (χ3v) is 0.530. The molecule has 0 amide bonds. The molecule has 0 nitrogen and oxygen atoms in total. The van der Waals surface area contributed by atoms with Gasteiger partial charge >= 0.3 is 5.38 Å². The van der Waals surface area contributed by atoms with Crippen molar-refractivity contribution in [2.45, 2.75) is 11.8 Å². The Balaban J connectivity index is 3.34. The quantitative estimate of drug-likeness (QED) is 0.394. The average molecular weight is 127 g/mol. The first-order chi connectivity index (χ1) is 3.06. The van der Waals surface area contributed by atoms with E-state index in [0.717, 1.165) is 6.08 Å². The van der Waals surface area contributed by atoms with Gasteiger partial charge in [0.15, 0.2) is 0 Å². The van der Waals surface area contributed by atoms with Gasteiger partial charge in [0.05, 0.1) is 0 Å². The van der Waals surface area contributed by atoms with Crippen LogP contribution < -0.4 is 0 Å². The number of allylic oxidation sites excluding steroid dienone is 1. The molecule has 0 aromatic rings. The molecule has 3 heteroatoms. The van der Waals surface area contributed by atoms with Gasteiger partial charge in [-0.05, 0) is 11.6 Å². The largest absolute Gasteiger partial charge is 0.325 e. The molecule has 0 saturated heterocycles. The van der Waals surface area contributed by atoms with Crippen molar-refractivity contribution < 1.29 is 8.78 Å². The highest BCUT2D eigenvalue weighted by Crippen LogP contribution is 2.22. The number of rotatable bonds is 2. The average Bonchev–Trinajstić information content (AvgIpc) is 1.30. The van der Waals surface area contributed by atoms with Gasteiger partial charge in [-0.25, -0.2) is 0 Å². The summed E-state index contributed by atoms with van der Waals surface area (Å²) in [6, 6.07) is 0. The lowest BCUT2D eigenvalue weighted by atomic mass is 10.4. The molecule has 0 saturated carbocycles. The van der Waals surface area contributed by atoms with Crippen LogP contribution in [0.15, 0.2) is 12.7 Å². The van der Waals surface area contributed by atoms with Gasteiger partial charge in [0.2, 0.25) is 0 Å². The van der Waals surface area contributed by atoms with Crippen LogP contribution in [-0.4, -0.2) is 5.38 Å². The van der Waals surface area contributed by atoms with Gasteiger partial charge < -0.3 is 0 Å². The van der Waals surface area contributed by atoms with E-state index >= 15 is 0 Å². The lowest BCUT2D eigenvalue weighted by Gasteiger charge is -1.99. The van der Waals surface area contributed by atoms with E-state index in [2.05, 4.69) is 18.2 Å². The Morgan fingerprint density at radius 2 is 2.14 bits per heavy atom. The van der Waals surface area contributed by atoms with E-state index < -0.39 is 11.8 Å². The molecule has 0 unspecified atom stereocenters. The molecular formula is C4H5ClF2. The van der Waals surface area contributed by atoms with Crippen LogP contribution >= 0.6 is 11.6 Å². The monoisotopic (exact) mass is 126 g/mol. The Morgan fingerprint density at radius 1 is 1.71 bits per heavy atom. The Bertz CT molecular complexity index is 64.6. The highest BCUT2D eigenvalue weighted by molar-refractivity contribution is 6.21. The first kappa shape index (κ1) is 6.89. The molecule has 0 aliphatic carbocycles. The fraction of sp³-hybridized carbons (Fsp3) is 0.500. The van der Waals surface area contributed by atoms with Crippen LogP contribution in [0.5, 0.6) is 0 Å². The SMILES string of the molecule is C=CCC(F)(F)Cl. The topological polar surface area (TPSA) is 0 Å². The number of hydrogen-bond donors (Lipinski definition) is 0.